The molecule has 3 nitrogen and oxygen atoms in total. The van der Waals surface area contributed by atoms with Gasteiger partial charge in [-0.2, -0.15) is 0 Å². The molecule has 3 aliphatic rings. The van der Waals surface area contributed by atoms with Crippen molar-refractivity contribution in [3.05, 3.63) is 0 Å². The van der Waals surface area contributed by atoms with Gasteiger partial charge in [0, 0.05) is 6.04 Å². The summed E-state index contributed by atoms with van der Waals surface area (Å²) in [6.07, 6.45) is 10.4. The Hall–Kier alpha value is -0.570. The zero-order chi connectivity index (χ0) is 15.0. The lowest BCUT2D eigenvalue weighted by Crippen LogP contribution is -2.47. The van der Waals surface area contributed by atoms with Crippen LogP contribution in [-0.2, 0) is 4.79 Å². The van der Waals surface area contributed by atoms with Gasteiger partial charge in [-0.25, -0.2) is 0 Å². The van der Waals surface area contributed by atoms with Crippen LogP contribution in [0.25, 0.3) is 0 Å². The number of rotatable bonds is 4. The highest BCUT2D eigenvalue weighted by atomic mass is 16.2. The maximum absolute atomic E-state index is 13.0. The molecular formula is C18H32N2O. The van der Waals surface area contributed by atoms with Gasteiger partial charge in [0.1, 0.15) is 0 Å². The minimum Gasteiger partial charge on any atom is -0.323 e. The smallest absolute Gasteiger partial charge is 0.241 e. The Labute approximate surface area is 129 Å². The standard InChI is InChI=1S/C18H32N2O/c1-4-13(3)16-18(21)20(15-10-9-12(2)11-15)17(19-16)14-7-5-6-8-14/h12-17,19H,4-11H2,1-3H3. The molecule has 2 aliphatic carbocycles. The zero-order valence-electron chi connectivity index (χ0n) is 14.0. The maximum Gasteiger partial charge on any atom is 0.241 e. The van der Waals surface area contributed by atoms with Gasteiger partial charge in [-0.1, -0.05) is 40.0 Å². The number of carbonyl (C=O) groups is 1. The van der Waals surface area contributed by atoms with Crippen molar-refractivity contribution in [2.45, 2.75) is 90.4 Å². The molecule has 1 N–H and O–H groups in total. The molecule has 1 saturated heterocycles. The molecule has 3 rings (SSSR count). The van der Waals surface area contributed by atoms with E-state index in [1.165, 1.54) is 44.9 Å². The van der Waals surface area contributed by atoms with Crippen LogP contribution in [-0.4, -0.2) is 29.1 Å². The first-order chi connectivity index (χ1) is 10.1. The van der Waals surface area contributed by atoms with Gasteiger partial charge in [0.05, 0.1) is 12.2 Å². The van der Waals surface area contributed by atoms with Crippen molar-refractivity contribution in [2.75, 3.05) is 0 Å². The summed E-state index contributed by atoms with van der Waals surface area (Å²) in [7, 11) is 0. The summed E-state index contributed by atoms with van der Waals surface area (Å²) >= 11 is 0. The lowest BCUT2D eigenvalue weighted by molar-refractivity contribution is -0.133. The molecule has 120 valence electrons. The molecule has 3 heteroatoms. The van der Waals surface area contributed by atoms with E-state index in [4.69, 9.17) is 0 Å². The molecule has 3 fully saturated rings. The van der Waals surface area contributed by atoms with Crippen molar-refractivity contribution in [3.8, 4) is 0 Å². The van der Waals surface area contributed by atoms with Gasteiger partial charge in [0.25, 0.3) is 0 Å². The third-order valence-corrected chi connectivity index (χ3v) is 6.29. The van der Waals surface area contributed by atoms with E-state index >= 15 is 0 Å². The van der Waals surface area contributed by atoms with Gasteiger partial charge >= 0.3 is 0 Å². The Balaban J connectivity index is 1.79. The van der Waals surface area contributed by atoms with Gasteiger partial charge in [0.2, 0.25) is 5.91 Å². The molecule has 0 bridgehead atoms. The second-order valence-corrected chi connectivity index (χ2v) is 7.84. The molecule has 0 radical (unpaired) electrons. The summed E-state index contributed by atoms with van der Waals surface area (Å²) in [6, 6.07) is 0.566. The third-order valence-electron chi connectivity index (χ3n) is 6.29. The van der Waals surface area contributed by atoms with Gasteiger partial charge in [-0.05, 0) is 49.9 Å². The predicted molar refractivity (Wildman–Crippen MR) is 85.8 cm³/mol. The Bertz CT molecular complexity index is 377. The molecule has 0 aromatic carbocycles. The monoisotopic (exact) mass is 292 g/mol. The number of hydrogen-bond donors (Lipinski definition) is 1. The fourth-order valence-corrected chi connectivity index (χ4v) is 4.75. The second-order valence-electron chi connectivity index (χ2n) is 7.84. The van der Waals surface area contributed by atoms with Crippen molar-refractivity contribution in [2.24, 2.45) is 17.8 Å². The van der Waals surface area contributed by atoms with Crippen LogP contribution < -0.4 is 5.32 Å². The van der Waals surface area contributed by atoms with Gasteiger partial charge in [0.15, 0.2) is 0 Å². The zero-order valence-corrected chi connectivity index (χ0v) is 14.0. The van der Waals surface area contributed by atoms with Crippen molar-refractivity contribution in [1.82, 2.24) is 10.2 Å². The van der Waals surface area contributed by atoms with Crippen LogP contribution in [0.15, 0.2) is 0 Å². The van der Waals surface area contributed by atoms with E-state index in [2.05, 4.69) is 31.0 Å². The van der Waals surface area contributed by atoms with Crippen molar-refractivity contribution < 1.29 is 4.79 Å². The molecule has 2 saturated carbocycles. The van der Waals surface area contributed by atoms with Gasteiger partial charge in [-0.3, -0.25) is 10.1 Å². The molecule has 0 spiro atoms. The fraction of sp³-hybridized carbons (Fsp3) is 0.944. The third kappa shape index (κ3) is 2.86. The number of hydrogen-bond acceptors (Lipinski definition) is 2. The Morgan fingerprint density at radius 2 is 1.95 bits per heavy atom. The van der Waals surface area contributed by atoms with E-state index in [0.29, 0.717) is 30.0 Å². The summed E-state index contributed by atoms with van der Waals surface area (Å²) in [6.45, 7) is 6.76. The van der Waals surface area contributed by atoms with Crippen LogP contribution in [0.1, 0.15) is 72.1 Å². The molecule has 5 unspecified atom stereocenters. The molecule has 1 heterocycles. The van der Waals surface area contributed by atoms with Crippen LogP contribution >= 0.6 is 0 Å². The first-order valence-corrected chi connectivity index (χ1v) is 9.20. The van der Waals surface area contributed by atoms with Gasteiger partial charge < -0.3 is 4.90 Å². The van der Waals surface area contributed by atoms with E-state index in [9.17, 15) is 4.79 Å². The van der Waals surface area contributed by atoms with Crippen LogP contribution in [0.3, 0.4) is 0 Å². The highest BCUT2D eigenvalue weighted by molar-refractivity contribution is 5.85. The molecule has 5 atom stereocenters. The minimum atomic E-state index is 0.0662. The van der Waals surface area contributed by atoms with E-state index in [-0.39, 0.29) is 6.04 Å². The number of amides is 1. The summed E-state index contributed by atoms with van der Waals surface area (Å²) < 4.78 is 0. The van der Waals surface area contributed by atoms with Crippen molar-refractivity contribution in [1.29, 1.82) is 0 Å². The summed E-state index contributed by atoms with van der Waals surface area (Å²) in [5.41, 5.74) is 0. The summed E-state index contributed by atoms with van der Waals surface area (Å²) in [4.78, 5) is 15.3. The summed E-state index contributed by atoms with van der Waals surface area (Å²) in [5.74, 6) is 2.33. The SMILES string of the molecule is CCC(C)C1NC(C2CCCC2)N(C2CCC(C)C2)C1=O. The molecular weight excluding hydrogens is 260 g/mol. The van der Waals surface area contributed by atoms with E-state index < -0.39 is 0 Å². The minimum absolute atomic E-state index is 0.0662. The van der Waals surface area contributed by atoms with Crippen molar-refractivity contribution in [3.63, 3.8) is 0 Å². The Kier molecular flexibility index (Phi) is 4.58. The van der Waals surface area contributed by atoms with Crippen molar-refractivity contribution >= 4 is 5.91 Å². The quantitative estimate of drug-likeness (QED) is 0.859. The summed E-state index contributed by atoms with van der Waals surface area (Å²) in [5, 5.41) is 3.75. The highest BCUT2D eigenvalue weighted by Gasteiger charge is 2.48. The van der Waals surface area contributed by atoms with E-state index in [1.807, 2.05) is 0 Å². The maximum atomic E-state index is 13.0. The number of carbonyl (C=O) groups excluding carboxylic acids is 1. The average Bonchev–Trinajstić information content (AvgIpc) is 3.17. The van der Waals surface area contributed by atoms with Crippen LogP contribution in [0.2, 0.25) is 0 Å². The first-order valence-electron chi connectivity index (χ1n) is 9.20. The number of nitrogens with one attached hydrogen (secondary N) is 1. The van der Waals surface area contributed by atoms with E-state index in [1.54, 1.807) is 0 Å². The predicted octanol–water partition coefficient (Wildman–Crippen LogP) is 3.54. The number of nitrogens with zero attached hydrogens (tertiary/aromatic N) is 1. The molecule has 1 aliphatic heterocycles. The average molecular weight is 292 g/mol. The molecule has 1 amide bonds. The second kappa shape index (κ2) is 6.28. The highest BCUT2D eigenvalue weighted by Crippen LogP contribution is 2.38. The lowest BCUT2D eigenvalue weighted by atomic mass is 9.99. The van der Waals surface area contributed by atoms with Gasteiger partial charge in [-0.15, -0.1) is 0 Å². The van der Waals surface area contributed by atoms with Crippen LogP contribution in [0.4, 0.5) is 0 Å². The van der Waals surface area contributed by atoms with E-state index in [0.717, 1.165) is 12.3 Å². The topological polar surface area (TPSA) is 32.3 Å². The first kappa shape index (κ1) is 15.3. The Morgan fingerprint density at radius 1 is 1.24 bits per heavy atom. The molecule has 21 heavy (non-hydrogen) atoms. The molecule has 0 aromatic heterocycles. The largest absolute Gasteiger partial charge is 0.323 e. The fourth-order valence-electron chi connectivity index (χ4n) is 4.75. The molecule has 0 aromatic rings. The van der Waals surface area contributed by atoms with Crippen LogP contribution in [0.5, 0.6) is 0 Å². The normalized spacial score (nSPS) is 39.4. The lowest BCUT2D eigenvalue weighted by Gasteiger charge is -2.34. The van der Waals surface area contributed by atoms with Crippen LogP contribution in [0, 0.1) is 17.8 Å². The Morgan fingerprint density at radius 3 is 2.52 bits per heavy atom.